The number of anilines is 1. The number of para-hydroxylation sites is 1. The molecule has 3 aromatic rings. The Morgan fingerprint density at radius 3 is 2.60 bits per heavy atom. The molecule has 1 aromatic heterocycles. The number of carbonyl (C=O) groups is 1. The maximum atomic E-state index is 13.6. The average Bonchev–Trinajstić information content (AvgIpc) is 3.04. The highest BCUT2D eigenvalue weighted by Gasteiger charge is 2.33. The minimum atomic E-state index is 0.0597. The van der Waals surface area contributed by atoms with E-state index in [-0.39, 0.29) is 5.91 Å². The van der Waals surface area contributed by atoms with Gasteiger partial charge in [-0.2, -0.15) is 0 Å². The number of likely N-dealkylation sites (tertiary alicyclic amines) is 1. The Balaban J connectivity index is 1.56. The predicted octanol–water partition coefficient (Wildman–Crippen LogP) is 5.55. The van der Waals surface area contributed by atoms with Crippen LogP contribution in [0, 0.1) is 0 Å². The molecule has 2 aliphatic heterocycles. The summed E-state index contributed by atoms with van der Waals surface area (Å²) in [5.41, 5.74) is 4.85. The monoisotopic (exact) mass is 419 g/mol. The van der Waals surface area contributed by atoms with Gasteiger partial charge in [0.15, 0.2) is 0 Å². The van der Waals surface area contributed by atoms with Crippen molar-refractivity contribution in [2.24, 2.45) is 7.05 Å². The second-order valence-corrected chi connectivity index (χ2v) is 8.78. The van der Waals surface area contributed by atoms with Gasteiger partial charge >= 0.3 is 0 Å². The molecule has 2 aromatic carbocycles. The summed E-state index contributed by atoms with van der Waals surface area (Å²) >= 11 is 6.32. The Labute approximate surface area is 182 Å². The number of rotatable bonds is 3. The fraction of sp³-hybridized carbons (Fsp3) is 0.320. The van der Waals surface area contributed by atoms with Crippen molar-refractivity contribution < 1.29 is 4.79 Å². The highest BCUT2D eigenvalue weighted by molar-refractivity contribution is 6.37. The van der Waals surface area contributed by atoms with E-state index < -0.39 is 0 Å². The van der Waals surface area contributed by atoms with Crippen molar-refractivity contribution in [3.63, 3.8) is 0 Å². The smallest absolute Gasteiger partial charge is 0.260 e. The lowest BCUT2D eigenvalue weighted by Crippen LogP contribution is -2.40. The fourth-order valence-corrected chi connectivity index (χ4v) is 4.89. The first-order chi connectivity index (χ1) is 14.6. The number of benzene rings is 2. The standard InChI is InChI=1S/C25H26ClN3O/c1-27-16-18(20-8-4-5-9-23(20)27)14-22-21-11-10-19(26)15-24(21)29(25(22)30)17-28-12-6-2-3-7-13-28/h4-5,8-11,14-16H,2-3,6-7,12-13,17H2,1H3. The zero-order valence-corrected chi connectivity index (χ0v) is 18.0. The van der Waals surface area contributed by atoms with Gasteiger partial charge in [-0.05, 0) is 50.2 Å². The van der Waals surface area contributed by atoms with Gasteiger partial charge in [0.2, 0.25) is 0 Å². The SMILES string of the molecule is Cn1cc(C=C2C(=O)N(CN3CCCCCC3)c3cc(Cl)ccc32)c2ccccc21. The molecule has 0 atom stereocenters. The number of hydrogen-bond donors (Lipinski definition) is 0. The molecule has 0 N–H and O–H groups in total. The molecule has 1 fully saturated rings. The van der Waals surface area contributed by atoms with Crippen molar-refractivity contribution in [3.05, 3.63) is 64.8 Å². The molecule has 0 spiro atoms. The number of amides is 1. The van der Waals surface area contributed by atoms with Crippen LogP contribution >= 0.6 is 11.6 Å². The first-order valence-corrected chi connectivity index (χ1v) is 11.1. The van der Waals surface area contributed by atoms with Crippen molar-refractivity contribution in [2.75, 3.05) is 24.7 Å². The number of fused-ring (bicyclic) bond motifs is 2. The van der Waals surface area contributed by atoms with Gasteiger partial charge in [-0.1, -0.05) is 48.7 Å². The van der Waals surface area contributed by atoms with E-state index in [9.17, 15) is 4.79 Å². The molecule has 3 heterocycles. The van der Waals surface area contributed by atoms with Crippen LogP contribution < -0.4 is 4.90 Å². The Kier molecular flexibility index (Phi) is 5.13. The predicted molar refractivity (Wildman–Crippen MR) is 125 cm³/mol. The minimum Gasteiger partial charge on any atom is -0.350 e. The van der Waals surface area contributed by atoms with Crippen LogP contribution in [0.1, 0.15) is 36.8 Å². The van der Waals surface area contributed by atoms with Gasteiger partial charge in [-0.15, -0.1) is 0 Å². The lowest BCUT2D eigenvalue weighted by atomic mass is 10.0. The molecule has 0 bridgehead atoms. The van der Waals surface area contributed by atoms with Gasteiger partial charge in [-0.25, -0.2) is 0 Å². The minimum absolute atomic E-state index is 0.0597. The summed E-state index contributed by atoms with van der Waals surface area (Å²) in [6, 6.07) is 14.1. The summed E-state index contributed by atoms with van der Waals surface area (Å²) in [6.07, 6.45) is 9.09. The van der Waals surface area contributed by atoms with Gasteiger partial charge in [0.25, 0.3) is 5.91 Å². The summed E-state index contributed by atoms with van der Waals surface area (Å²) in [5, 5.41) is 1.82. The Bertz CT molecular complexity index is 1140. The fourth-order valence-electron chi connectivity index (χ4n) is 4.73. The van der Waals surface area contributed by atoms with Crippen LogP contribution in [0.25, 0.3) is 22.6 Å². The molecule has 0 radical (unpaired) electrons. The van der Waals surface area contributed by atoms with E-state index in [1.165, 1.54) is 25.7 Å². The van der Waals surface area contributed by atoms with E-state index in [2.05, 4.69) is 27.8 Å². The lowest BCUT2D eigenvalue weighted by molar-refractivity contribution is -0.113. The molecule has 154 valence electrons. The van der Waals surface area contributed by atoms with Gasteiger partial charge in [0.1, 0.15) is 0 Å². The first kappa shape index (κ1) is 19.4. The Morgan fingerprint density at radius 1 is 1.03 bits per heavy atom. The largest absolute Gasteiger partial charge is 0.350 e. The summed E-state index contributed by atoms with van der Waals surface area (Å²) in [5.74, 6) is 0.0597. The van der Waals surface area contributed by atoms with Crippen LogP contribution in [0.4, 0.5) is 5.69 Å². The quantitative estimate of drug-likeness (QED) is 0.520. The maximum Gasteiger partial charge on any atom is 0.260 e. The lowest BCUT2D eigenvalue weighted by Gasteiger charge is -2.27. The normalized spacial score (nSPS) is 18.9. The molecule has 1 saturated heterocycles. The zero-order valence-electron chi connectivity index (χ0n) is 17.3. The Morgan fingerprint density at radius 2 is 1.80 bits per heavy atom. The van der Waals surface area contributed by atoms with Crippen molar-refractivity contribution in [2.45, 2.75) is 25.7 Å². The van der Waals surface area contributed by atoms with E-state index in [0.717, 1.165) is 46.4 Å². The van der Waals surface area contributed by atoms with Gasteiger partial charge in [0, 0.05) is 45.9 Å². The molecule has 0 saturated carbocycles. The summed E-state index contributed by atoms with van der Waals surface area (Å²) in [7, 11) is 2.04. The van der Waals surface area contributed by atoms with E-state index in [4.69, 9.17) is 11.6 Å². The molecule has 4 nitrogen and oxygen atoms in total. The highest BCUT2D eigenvalue weighted by Crippen LogP contribution is 2.40. The third-order valence-corrected chi connectivity index (χ3v) is 6.52. The average molecular weight is 420 g/mol. The highest BCUT2D eigenvalue weighted by atomic mass is 35.5. The van der Waals surface area contributed by atoms with Crippen LogP contribution in [-0.2, 0) is 11.8 Å². The van der Waals surface area contributed by atoms with E-state index in [0.29, 0.717) is 11.7 Å². The second kappa shape index (κ2) is 7.93. The van der Waals surface area contributed by atoms with Crippen molar-refractivity contribution in [1.29, 1.82) is 0 Å². The van der Waals surface area contributed by atoms with Crippen LogP contribution in [0.3, 0.4) is 0 Å². The van der Waals surface area contributed by atoms with Crippen LogP contribution in [0.5, 0.6) is 0 Å². The van der Waals surface area contributed by atoms with E-state index >= 15 is 0 Å². The number of hydrogen-bond acceptors (Lipinski definition) is 2. The van der Waals surface area contributed by atoms with Gasteiger partial charge in [0.05, 0.1) is 12.4 Å². The zero-order chi connectivity index (χ0) is 20.7. The summed E-state index contributed by atoms with van der Waals surface area (Å²) < 4.78 is 2.11. The maximum absolute atomic E-state index is 13.6. The molecule has 1 amide bonds. The molecular formula is C25H26ClN3O. The van der Waals surface area contributed by atoms with Crippen molar-refractivity contribution in [1.82, 2.24) is 9.47 Å². The van der Waals surface area contributed by atoms with Gasteiger partial charge < -0.3 is 4.57 Å². The van der Waals surface area contributed by atoms with Crippen LogP contribution in [-0.4, -0.2) is 35.1 Å². The molecule has 0 unspecified atom stereocenters. The number of halogens is 1. The van der Waals surface area contributed by atoms with Gasteiger partial charge in [-0.3, -0.25) is 14.6 Å². The van der Waals surface area contributed by atoms with Crippen molar-refractivity contribution >= 4 is 45.7 Å². The molecular weight excluding hydrogens is 394 g/mol. The molecule has 0 aliphatic carbocycles. The van der Waals surface area contributed by atoms with Crippen LogP contribution in [0.2, 0.25) is 5.02 Å². The number of aryl methyl sites for hydroxylation is 1. The third-order valence-electron chi connectivity index (χ3n) is 6.28. The summed E-state index contributed by atoms with van der Waals surface area (Å²) in [6.45, 7) is 2.71. The topological polar surface area (TPSA) is 28.5 Å². The van der Waals surface area contributed by atoms with Crippen molar-refractivity contribution in [3.8, 4) is 0 Å². The Hall–Kier alpha value is -2.56. The molecule has 2 aliphatic rings. The number of nitrogens with zero attached hydrogens (tertiary/aromatic N) is 3. The molecule has 5 heteroatoms. The third kappa shape index (κ3) is 3.44. The van der Waals surface area contributed by atoms with E-state index in [1.54, 1.807) is 0 Å². The number of aromatic nitrogens is 1. The first-order valence-electron chi connectivity index (χ1n) is 10.7. The molecule has 5 rings (SSSR count). The summed E-state index contributed by atoms with van der Waals surface area (Å²) in [4.78, 5) is 17.9. The van der Waals surface area contributed by atoms with E-state index in [1.807, 2.05) is 48.4 Å². The number of carbonyl (C=O) groups excluding carboxylic acids is 1. The second-order valence-electron chi connectivity index (χ2n) is 8.34. The van der Waals surface area contributed by atoms with Crippen LogP contribution in [0.15, 0.2) is 48.7 Å². The molecule has 30 heavy (non-hydrogen) atoms.